The van der Waals surface area contributed by atoms with Gasteiger partial charge in [0.15, 0.2) is 0 Å². The van der Waals surface area contributed by atoms with E-state index in [1.165, 1.54) is 0 Å². The van der Waals surface area contributed by atoms with Crippen LogP contribution >= 0.6 is 0 Å². The second-order valence-electron chi connectivity index (χ2n) is 9.04. The molecule has 2 heterocycles. The van der Waals surface area contributed by atoms with E-state index in [4.69, 9.17) is 9.47 Å². The van der Waals surface area contributed by atoms with Crippen LogP contribution in [-0.4, -0.2) is 80.1 Å². The Labute approximate surface area is 190 Å². The van der Waals surface area contributed by atoms with Crippen molar-refractivity contribution in [3.63, 3.8) is 0 Å². The van der Waals surface area contributed by atoms with Crippen LogP contribution in [0, 0.1) is 5.41 Å². The van der Waals surface area contributed by atoms with Gasteiger partial charge < -0.3 is 24.6 Å². The maximum Gasteiger partial charge on any atom is 0.248 e. The number of fused-ring (bicyclic) bond motifs is 1. The summed E-state index contributed by atoms with van der Waals surface area (Å²) in [7, 11) is 1.59. The number of ether oxygens (including phenoxy) is 2. The number of carbonyl (C=O) groups excluding carboxylic acids is 3. The summed E-state index contributed by atoms with van der Waals surface area (Å²) in [4.78, 5) is 42.2. The summed E-state index contributed by atoms with van der Waals surface area (Å²) in [5, 5.41) is 2.89. The first-order valence-electron chi connectivity index (χ1n) is 11.3. The number of hydrogen-bond donors (Lipinski definition) is 1. The molecular weight excluding hydrogens is 410 g/mol. The molecule has 8 nitrogen and oxygen atoms in total. The zero-order valence-electron chi connectivity index (χ0n) is 19.4. The van der Waals surface area contributed by atoms with E-state index in [0.717, 1.165) is 11.1 Å². The number of methoxy groups -OCH3 is 1. The van der Waals surface area contributed by atoms with Gasteiger partial charge in [-0.2, -0.15) is 0 Å². The third kappa shape index (κ3) is 5.86. The number of likely N-dealkylation sites (tertiary alicyclic amines) is 1. The third-order valence-corrected chi connectivity index (χ3v) is 6.26. The van der Waals surface area contributed by atoms with E-state index < -0.39 is 5.41 Å². The van der Waals surface area contributed by atoms with Crippen LogP contribution in [0.4, 0.5) is 0 Å². The van der Waals surface area contributed by atoms with Gasteiger partial charge in [-0.1, -0.05) is 24.3 Å². The Kier molecular flexibility index (Phi) is 8.26. The summed E-state index contributed by atoms with van der Waals surface area (Å²) < 4.78 is 10.3. The third-order valence-electron chi connectivity index (χ3n) is 6.26. The molecule has 32 heavy (non-hydrogen) atoms. The number of piperidine rings is 1. The van der Waals surface area contributed by atoms with Gasteiger partial charge in [0.1, 0.15) is 6.61 Å². The van der Waals surface area contributed by atoms with E-state index in [0.29, 0.717) is 52.1 Å². The van der Waals surface area contributed by atoms with E-state index in [2.05, 4.69) is 11.4 Å². The van der Waals surface area contributed by atoms with Crippen LogP contribution in [0.5, 0.6) is 0 Å². The molecule has 0 aliphatic carbocycles. The van der Waals surface area contributed by atoms with Gasteiger partial charge in [0.2, 0.25) is 17.7 Å². The highest BCUT2D eigenvalue weighted by atomic mass is 16.5. The van der Waals surface area contributed by atoms with Gasteiger partial charge in [-0.25, -0.2) is 0 Å². The maximum absolute atomic E-state index is 13.7. The summed E-state index contributed by atoms with van der Waals surface area (Å²) in [6.07, 6.45) is 1.79. The second-order valence-corrected chi connectivity index (χ2v) is 9.04. The first kappa shape index (κ1) is 24.2. The standard InChI is InChI=1S/C24H35N3O5/c1-18(2)25-21(28)16-27-15-20-7-5-4-6-19(20)14-24(23(27)30)8-10-26(11-9-24)22(29)17-32-13-12-31-3/h4-7,18H,8-17H2,1-3H3,(H,25,28). The average Bonchev–Trinajstić information content (AvgIpc) is 2.86. The van der Waals surface area contributed by atoms with Crippen molar-refractivity contribution in [2.45, 2.75) is 45.7 Å². The average molecular weight is 446 g/mol. The van der Waals surface area contributed by atoms with Crippen molar-refractivity contribution >= 4 is 17.7 Å². The van der Waals surface area contributed by atoms with Gasteiger partial charge in [0.05, 0.1) is 25.2 Å². The topological polar surface area (TPSA) is 88.2 Å². The van der Waals surface area contributed by atoms with E-state index >= 15 is 0 Å². The number of nitrogens with zero attached hydrogens (tertiary/aromatic N) is 2. The van der Waals surface area contributed by atoms with Gasteiger partial charge in [-0.3, -0.25) is 14.4 Å². The van der Waals surface area contributed by atoms with Crippen LogP contribution in [0.3, 0.4) is 0 Å². The number of amides is 3. The van der Waals surface area contributed by atoms with Gasteiger partial charge >= 0.3 is 0 Å². The molecule has 0 bridgehead atoms. The zero-order chi connectivity index (χ0) is 23.1. The largest absolute Gasteiger partial charge is 0.382 e. The van der Waals surface area contributed by atoms with E-state index in [1.807, 2.05) is 32.0 Å². The first-order valence-corrected chi connectivity index (χ1v) is 11.3. The molecule has 1 aromatic carbocycles. The van der Waals surface area contributed by atoms with E-state index in [9.17, 15) is 14.4 Å². The van der Waals surface area contributed by atoms with Crippen molar-refractivity contribution in [2.75, 3.05) is 46.6 Å². The fourth-order valence-electron chi connectivity index (χ4n) is 4.57. The molecule has 176 valence electrons. The number of rotatable bonds is 8. The van der Waals surface area contributed by atoms with Crippen molar-refractivity contribution in [2.24, 2.45) is 5.41 Å². The quantitative estimate of drug-likeness (QED) is 0.611. The molecule has 1 spiro atoms. The molecule has 0 saturated carbocycles. The summed E-state index contributed by atoms with van der Waals surface area (Å²) in [6.45, 7) is 6.15. The highest BCUT2D eigenvalue weighted by Crippen LogP contribution is 2.40. The lowest BCUT2D eigenvalue weighted by molar-refractivity contribution is -0.151. The fourth-order valence-corrected chi connectivity index (χ4v) is 4.57. The Balaban J connectivity index is 1.72. The van der Waals surface area contributed by atoms with Crippen LogP contribution < -0.4 is 5.32 Å². The van der Waals surface area contributed by atoms with Gasteiger partial charge in [-0.05, 0) is 44.2 Å². The Bertz CT molecular complexity index is 818. The molecule has 8 heteroatoms. The molecule has 0 unspecified atom stereocenters. The summed E-state index contributed by atoms with van der Waals surface area (Å²) in [6, 6.07) is 8.09. The molecular formula is C24H35N3O5. The van der Waals surface area contributed by atoms with E-state index in [-0.39, 0.29) is 36.9 Å². The van der Waals surface area contributed by atoms with Gasteiger partial charge in [0, 0.05) is 32.8 Å². The molecule has 1 saturated heterocycles. The van der Waals surface area contributed by atoms with Crippen LogP contribution in [0.25, 0.3) is 0 Å². The van der Waals surface area contributed by atoms with Crippen molar-refractivity contribution in [3.05, 3.63) is 35.4 Å². The number of hydrogen-bond acceptors (Lipinski definition) is 5. The van der Waals surface area contributed by atoms with Crippen LogP contribution in [0.1, 0.15) is 37.8 Å². The minimum atomic E-state index is -0.599. The molecule has 1 fully saturated rings. The minimum absolute atomic E-state index is 0.0102. The summed E-state index contributed by atoms with van der Waals surface area (Å²) in [5.41, 5.74) is 1.63. The van der Waals surface area contributed by atoms with E-state index in [1.54, 1.807) is 16.9 Å². The maximum atomic E-state index is 13.7. The van der Waals surface area contributed by atoms with Crippen molar-refractivity contribution in [1.82, 2.24) is 15.1 Å². The minimum Gasteiger partial charge on any atom is -0.382 e. The smallest absolute Gasteiger partial charge is 0.248 e. The van der Waals surface area contributed by atoms with Gasteiger partial charge in [0.25, 0.3) is 0 Å². The lowest BCUT2D eigenvalue weighted by Gasteiger charge is -2.42. The fraction of sp³-hybridized carbons (Fsp3) is 0.625. The van der Waals surface area contributed by atoms with Crippen molar-refractivity contribution < 1.29 is 23.9 Å². The molecule has 3 amide bonds. The normalized spacial score (nSPS) is 17.9. The highest BCUT2D eigenvalue weighted by molar-refractivity contribution is 5.89. The number of benzene rings is 1. The first-order chi connectivity index (χ1) is 15.3. The molecule has 2 aliphatic rings. The summed E-state index contributed by atoms with van der Waals surface area (Å²) in [5.74, 6) is -0.203. The van der Waals surface area contributed by atoms with Crippen LogP contribution in [0.15, 0.2) is 24.3 Å². The Morgan fingerprint density at radius 2 is 1.81 bits per heavy atom. The Hall–Kier alpha value is -2.45. The SMILES string of the molecule is COCCOCC(=O)N1CCC2(CC1)Cc1ccccc1CN(CC(=O)NC(C)C)C2=O. The molecule has 0 atom stereocenters. The predicted molar refractivity (Wildman–Crippen MR) is 120 cm³/mol. The van der Waals surface area contributed by atoms with Crippen LogP contribution in [-0.2, 0) is 36.8 Å². The molecule has 2 aliphatic heterocycles. The van der Waals surface area contributed by atoms with Gasteiger partial charge in [-0.15, -0.1) is 0 Å². The molecule has 1 N–H and O–H groups in total. The Morgan fingerprint density at radius 3 is 2.47 bits per heavy atom. The number of nitrogens with one attached hydrogen (secondary N) is 1. The molecule has 1 aromatic rings. The highest BCUT2D eigenvalue weighted by Gasteiger charge is 2.46. The molecule has 0 aromatic heterocycles. The van der Waals surface area contributed by atoms with Crippen molar-refractivity contribution in [3.8, 4) is 0 Å². The van der Waals surface area contributed by atoms with Crippen LogP contribution in [0.2, 0.25) is 0 Å². The molecule has 0 radical (unpaired) electrons. The van der Waals surface area contributed by atoms with Crippen molar-refractivity contribution in [1.29, 1.82) is 0 Å². The predicted octanol–water partition coefficient (Wildman–Crippen LogP) is 1.37. The molecule has 3 rings (SSSR count). The summed E-state index contributed by atoms with van der Waals surface area (Å²) >= 11 is 0. The lowest BCUT2D eigenvalue weighted by atomic mass is 9.73. The number of carbonyl (C=O) groups is 3. The lowest BCUT2D eigenvalue weighted by Crippen LogP contribution is -2.53. The Morgan fingerprint density at radius 1 is 1.12 bits per heavy atom. The zero-order valence-corrected chi connectivity index (χ0v) is 19.4. The second kappa shape index (κ2) is 10.9. The monoisotopic (exact) mass is 445 g/mol.